The molecule has 0 radical (unpaired) electrons. The van der Waals surface area contributed by atoms with Crippen molar-refractivity contribution in [2.45, 2.75) is 47.1 Å². The fourth-order valence-electron chi connectivity index (χ4n) is 3.31. The van der Waals surface area contributed by atoms with E-state index in [1.54, 1.807) is 6.92 Å². The highest BCUT2D eigenvalue weighted by Gasteiger charge is 2.36. The van der Waals surface area contributed by atoms with Crippen LogP contribution in [-0.2, 0) is 14.3 Å². The van der Waals surface area contributed by atoms with Gasteiger partial charge in [0.1, 0.15) is 0 Å². The van der Waals surface area contributed by atoms with Crippen LogP contribution in [0.4, 0.5) is 4.79 Å². The maximum Gasteiger partial charge on any atom is 0.407 e. The highest BCUT2D eigenvalue weighted by molar-refractivity contribution is 5.82. The number of nitrogens with zero attached hydrogens (tertiary/aromatic N) is 2. The quantitative estimate of drug-likeness (QED) is 0.377. The van der Waals surface area contributed by atoms with Gasteiger partial charge in [0.15, 0.2) is 5.96 Å². The van der Waals surface area contributed by atoms with Crippen LogP contribution in [0.1, 0.15) is 41.0 Å². The summed E-state index contributed by atoms with van der Waals surface area (Å²) in [6, 6.07) is -0.103. The number of carbonyl (C=O) groups is 2. The van der Waals surface area contributed by atoms with E-state index >= 15 is 0 Å². The normalized spacial score (nSPS) is 21.1. The first-order valence-electron chi connectivity index (χ1n) is 9.86. The number of amides is 1. The molecule has 0 aromatic rings. The summed E-state index contributed by atoms with van der Waals surface area (Å²) in [5.41, 5.74) is 0. The van der Waals surface area contributed by atoms with Gasteiger partial charge in [-0.2, -0.15) is 0 Å². The van der Waals surface area contributed by atoms with Crippen molar-refractivity contribution in [2.75, 3.05) is 39.9 Å². The van der Waals surface area contributed by atoms with Gasteiger partial charge in [0.25, 0.3) is 0 Å². The second-order valence-corrected chi connectivity index (χ2v) is 7.40. The molecule has 156 valence electrons. The molecule has 3 unspecified atom stereocenters. The summed E-state index contributed by atoms with van der Waals surface area (Å²) in [6.45, 7) is 12.9. The lowest BCUT2D eigenvalue weighted by Gasteiger charge is -2.23. The summed E-state index contributed by atoms with van der Waals surface area (Å²) < 4.78 is 9.91. The lowest BCUT2D eigenvalue weighted by molar-refractivity contribution is -0.145. The summed E-state index contributed by atoms with van der Waals surface area (Å²) in [4.78, 5) is 30.6. The molecule has 1 fully saturated rings. The van der Waals surface area contributed by atoms with Crippen molar-refractivity contribution >= 4 is 18.0 Å². The van der Waals surface area contributed by atoms with Crippen LogP contribution in [0.2, 0.25) is 0 Å². The largest absolute Gasteiger partial charge is 0.469 e. The highest BCUT2D eigenvalue weighted by Crippen LogP contribution is 2.24. The molecule has 1 aliphatic heterocycles. The minimum Gasteiger partial charge on any atom is -0.469 e. The summed E-state index contributed by atoms with van der Waals surface area (Å²) in [6.07, 6.45) is 0.395. The van der Waals surface area contributed by atoms with Crippen molar-refractivity contribution in [3.8, 4) is 0 Å². The Kier molecular flexibility index (Phi) is 9.96. The first-order chi connectivity index (χ1) is 12.8. The SMILES string of the molecule is CCNC(=NCC(CC(C)C)NC(=O)OCC)N1CC(C)C(C(=O)OC)C1. The molecule has 2 N–H and O–H groups in total. The van der Waals surface area contributed by atoms with Crippen LogP contribution in [0.25, 0.3) is 0 Å². The van der Waals surface area contributed by atoms with Gasteiger partial charge >= 0.3 is 12.1 Å². The molecule has 8 heteroatoms. The van der Waals surface area contributed by atoms with Crippen LogP contribution in [0.5, 0.6) is 0 Å². The van der Waals surface area contributed by atoms with Crippen molar-refractivity contribution in [3.63, 3.8) is 0 Å². The molecule has 0 saturated carbocycles. The third-order valence-electron chi connectivity index (χ3n) is 4.57. The smallest absolute Gasteiger partial charge is 0.407 e. The first-order valence-corrected chi connectivity index (χ1v) is 9.86. The van der Waals surface area contributed by atoms with E-state index in [1.165, 1.54) is 7.11 Å². The Morgan fingerprint density at radius 2 is 1.96 bits per heavy atom. The van der Waals surface area contributed by atoms with E-state index in [0.717, 1.165) is 25.5 Å². The van der Waals surface area contributed by atoms with E-state index in [9.17, 15) is 9.59 Å². The third kappa shape index (κ3) is 7.64. The Balaban J connectivity index is 2.82. The summed E-state index contributed by atoms with van der Waals surface area (Å²) >= 11 is 0. The Bertz CT molecular complexity index is 510. The Morgan fingerprint density at radius 1 is 1.26 bits per heavy atom. The van der Waals surface area contributed by atoms with Gasteiger partial charge in [-0.15, -0.1) is 0 Å². The van der Waals surface area contributed by atoms with Gasteiger partial charge in [0.05, 0.1) is 32.2 Å². The maximum absolute atomic E-state index is 12.0. The van der Waals surface area contributed by atoms with Crippen LogP contribution in [0.3, 0.4) is 0 Å². The summed E-state index contributed by atoms with van der Waals surface area (Å²) in [5, 5.41) is 6.18. The highest BCUT2D eigenvalue weighted by atomic mass is 16.5. The molecule has 1 amide bonds. The molecule has 1 saturated heterocycles. The standard InChI is InChI=1S/C19H36N4O4/c1-7-20-18(23-11-14(5)16(12-23)17(24)26-6)21-10-15(9-13(3)4)22-19(25)27-8-2/h13-16H,7-12H2,1-6H3,(H,20,21)(H,22,25). The number of rotatable bonds is 8. The van der Waals surface area contributed by atoms with Crippen molar-refractivity contribution in [1.29, 1.82) is 0 Å². The number of nitrogens with one attached hydrogen (secondary N) is 2. The van der Waals surface area contributed by atoms with Gasteiger partial charge in [-0.25, -0.2) is 4.79 Å². The fourth-order valence-corrected chi connectivity index (χ4v) is 3.31. The molecule has 0 aliphatic carbocycles. The Labute approximate surface area is 163 Å². The number of esters is 1. The van der Waals surface area contributed by atoms with Gasteiger partial charge in [-0.3, -0.25) is 9.79 Å². The van der Waals surface area contributed by atoms with E-state index in [0.29, 0.717) is 25.6 Å². The molecule has 27 heavy (non-hydrogen) atoms. The number of guanidine groups is 1. The second kappa shape index (κ2) is 11.7. The molecule has 1 aliphatic rings. The van der Waals surface area contributed by atoms with Crippen molar-refractivity contribution in [1.82, 2.24) is 15.5 Å². The van der Waals surface area contributed by atoms with Crippen LogP contribution in [0, 0.1) is 17.8 Å². The minimum atomic E-state index is -0.413. The monoisotopic (exact) mass is 384 g/mol. The third-order valence-corrected chi connectivity index (χ3v) is 4.57. The predicted molar refractivity (Wildman–Crippen MR) is 106 cm³/mol. The fraction of sp³-hybridized carbons (Fsp3) is 0.842. The molecule has 0 bridgehead atoms. The zero-order valence-electron chi connectivity index (χ0n) is 17.6. The topological polar surface area (TPSA) is 92.3 Å². The summed E-state index contributed by atoms with van der Waals surface area (Å²) in [5.74, 6) is 1.05. The van der Waals surface area contributed by atoms with Crippen LogP contribution in [0.15, 0.2) is 4.99 Å². The van der Waals surface area contributed by atoms with E-state index in [1.807, 2.05) is 6.92 Å². The average molecular weight is 385 g/mol. The molecule has 0 aromatic heterocycles. The van der Waals surface area contributed by atoms with Gasteiger partial charge in [0.2, 0.25) is 0 Å². The Hall–Kier alpha value is -1.99. The number of likely N-dealkylation sites (tertiary alicyclic amines) is 1. The molecule has 3 atom stereocenters. The maximum atomic E-state index is 12.0. The molecular weight excluding hydrogens is 348 g/mol. The zero-order valence-corrected chi connectivity index (χ0v) is 17.6. The second-order valence-electron chi connectivity index (χ2n) is 7.40. The molecule has 0 aromatic carbocycles. The van der Waals surface area contributed by atoms with Crippen molar-refractivity contribution in [2.24, 2.45) is 22.7 Å². The van der Waals surface area contributed by atoms with Crippen molar-refractivity contribution in [3.05, 3.63) is 0 Å². The number of ether oxygens (including phenoxy) is 2. The van der Waals surface area contributed by atoms with Crippen LogP contribution >= 0.6 is 0 Å². The lowest BCUT2D eigenvalue weighted by Crippen LogP contribution is -2.43. The van der Waals surface area contributed by atoms with Gasteiger partial charge < -0.3 is 25.0 Å². The number of alkyl carbamates (subject to hydrolysis) is 1. The van der Waals surface area contributed by atoms with E-state index < -0.39 is 6.09 Å². The average Bonchev–Trinajstić information content (AvgIpc) is 2.99. The number of hydrogen-bond acceptors (Lipinski definition) is 5. The van der Waals surface area contributed by atoms with Crippen molar-refractivity contribution < 1.29 is 19.1 Å². The molecular formula is C19H36N4O4. The van der Waals surface area contributed by atoms with Gasteiger partial charge in [-0.1, -0.05) is 20.8 Å². The number of hydrogen-bond donors (Lipinski definition) is 2. The number of aliphatic imine (C=N–C) groups is 1. The van der Waals surface area contributed by atoms with Gasteiger partial charge in [0, 0.05) is 19.6 Å². The number of methoxy groups -OCH3 is 1. The predicted octanol–water partition coefficient (Wildman–Crippen LogP) is 1.85. The Morgan fingerprint density at radius 3 is 2.52 bits per heavy atom. The van der Waals surface area contributed by atoms with Crippen LogP contribution in [-0.4, -0.2) is 68.9 Å². The number of carbonyl (C=O) groups excluding carboxylic acids is 2. The molecule has 1 heterocycles. The van der Waals surface area contributed by atoms with E-state index in [-0.39, 0.29) is 23.8 Å². The molecule has 1 rings (SSSR count). The van der Waals surface area contributed by atoms with Crippen LogP contribution < -0.4 is 10.6 Å². The lowest BCUT2D eigenvalue weighted by atomic mass is 9.99. The minimum absolute atomic E-state index is 0.103. The zero-order chi connectivity index (χ0) is 20.4. The summed E-state index contributed by atoms with van der Waals surface area (Å²) in [7, 11) is 1.43. The first kappa shape index (κ1) is 23.0. The van der Waals surface area contributed by atoms with Gasteiger partial charge in [-0.05, 0) is 32.1 Å². The van der Waals surface area contributed by atoms with E-state index in [2.05, 4.69) is 36.3 Å². The molecule has 0 spiro atoms. The van der Waals surface area contributed by atoms with E-state index in [4.69, 9.17) is 14.5 Å². The molecule has 8 nitrogen and oxygen atoms in total.